The first-order valence-electron chi connectivity index (χ1n) is 23.5. The monoisotopic (exact) mass is 847 g/mol. The molecule has 12 rings (SSSR count). The Morgan fingerprint density at radius 2 is 0.924 bits per heavy atom. The number of fused-ring (bicyclic) bond motifs is 4. The summed E-state index contributed by atoms with van der Waals surface area (Å²) >= 11 is 0. The van der Waals surface area contributed by atoms with E-state index in [0.717, 1.165) is 50.1 Å². The Morgan fingerprint density at radius 3 is 1.68 bits per heavy atom. The lowest BCUT2D eigenvalue weighted by Crippen LogP contribution is -2.11. The molecule has 1 saturated carbocycles. The zero-order valence-corrected chi connectivity index (χ0v) is 36.9. The largest absolute Gasteiger partial charge is 0.455 e. The minimum absolute atomic E-state index is 0.576. The van der Waals surface area contributed by atoms with E-state index < -0.39 is 0 Å². The molecule has 2 nitrogen and oxygen atoms in total. The van der Waals surface area contributed by atoms with Crippen molar-refractivity contribution in [1.29, 1.82) is 0 Å². The summed E-state index contributed by atoms with van der Waals surface area (Å²) in [6.45, 7) is 0. The maximum absolute atomic E-state index is 6.51. The summed E-state index contributed by atoms with van der Waals surface area (Å²) in [6, 6.07) is 84.2. The maximum atomic E-state index is 6.51. The molecule has 1 fully saturated rings. The average molecular weight is 848 g/mol. The average Bonchev–Trinajstić information content (AvgIpc) is 3.79. The van der Waals surface area contributed by atoms with Gasteiger partial charge in [0, 0.05) is 33.3 Å². The number of anilines is 3. The van der Waals surface area contributed by atoms with Crippen molar-refractivity contribution in [2.75, 3.05) is 4.90 Å². The molecule has 0 N–H and O–H groups in total. The van der Waals surface area contributed by atoms with Crippen LogP contribution in [0.3, 0.4) is 0 Å². The molecule has 0 bridgehead atoms. The van der Waals surface area contributed by atoms with Gasteiger partial charge in [-0.05, 0) is 122 Å². The Morgan fingerprint density at radius 1 is 0.364 bits per heavy atom. The van der Waals surface area contributed by atoms with Crippen LogP contribution < -0.4 is 4.90 Å². The third-order valence-electron chi connectivity index (χ3n) is 13.9. The molecule has 0 saturated heterocycles. The first kappa shape index (κ1) is 39.6. The molecule has 10 aromatic carbocycles. The standard InChI is InChI=1S/C64H49NO/c1-4-17-45(18-5-1)53-42-37-50(43-60(53)47-21-8-3-9-22-47)44-33-38-51(39-34-44)65(52-40-35-48(36-41-52)55-28-16-30-59-57-26-11-13-32-62(57)66-64(55)59)61-31-12-10-25-56(61)58-29-15-24-49-23-14-27-54(63(49)58)46-19-6-2-7-20-46/h1,3-5,8-18,21-43,46H,2,6-7,19-20H2. The van der Waals surface area contributed by atoms with Crippen molar-refractivity contribution < 1.29 is 4.42 Å². The SMILES string of the molecule is c1ccc(-c2ccc(-c3ccc(N(c4ccc(-c5cccc6c5oc5ccccc56)cc4)c4ccccc4-c4cccc5cccc(C6CCCCC6)c45)cc3)cc2-c2ccccc2)cc1. The van der Waals surface area contributed by atoms with Crippen LogP contribution in [0.1, 0.15) is 43.6 Å². The molecule has 0 radical (unpaired) electrons. The number of para-hydroxylation sites is 3. The van der Waals surface area contributed by atoms with E-state index in [4.69, 9.17) is 4.42 Å². The van der Waals surface area contributed by atoms with E-state index in [9.17, 15) is 0 Å². The number of nitrogens with zero attached hydrogens (tertiary/aromatic N) is 1. The summed E-state index contributed by atoms with van der Waals surface area (Å²) in [6.07, 6.45) is 6.45. The van der Waals surface area contributed by atoms with Crippen molar-refractivity contribution in [2.45, 2.75) is 38.0 Å². The van der Waals surface area contributed by atoms with Gasteiger partial charge in [-0.3, -0.25) is 0 Å². The van der Waals surface area contributed by atoms with Crippen molar-refractivity contribution in [3.63, 3.8) is 0 Å². The van der Waals surface area contributed by atoms with Crippen LogP contribution in [0.25, 0.3) is 88.3 Å². The van der Waals surface area contributed by atoms with E-state index in [1.54, 1.807) is 0 Å². The van der Waals surface area contributed by atoms with Crippen LogP contribution in [-0.2, 0) is 0 Å². The quantitative estimate of drug-likeness (QED) is 0.144. The van der Waals surface area contributed by atoms with Crippen LogP contribution in [0.15, 0.2) is 235 Å². The highest BCUT2D eigenvalue weighted by Gasteiger charge is 2.23. The third kappa shape index (κ3) is 7.25. The van der Waals surface area contributed by atoms with E-state index in [-0.39, 0.29) is 0 Å². The molecule has 2 heteroatoms. The molecule has 1 aliphatic rings. The molecule has 1 aromatic heterocycles. The summed E-state index contributed by atoms with van der Waals surface area (Å²) in [5.74, 6) is 0.576. The molecular formula is C64H49NO. The van der Waals surface area contributed by atoms with Crippen LogP contribution in [-0.4, -0.2) is 0 Å². The van der Waals surface area contributed by atoms with Gasteiger partial charge in [0.1, 0.15) is 11.2 Å². The van der Waals surface area contributed by atoms with Crippen molar-refractivity contribution in [2.24, 2.45) is 0 Å². The first-order valence-corrected chi connectivity index (χ1v) is 23.5. The Labute approximate surface area is 387 Å². The third-order valence-corrected chi connectivity index (χ3v) is 13.9. The van der Waals surface area contributed by atoms with Crippen LogP contribution in [0, 0.1) is 0 Å². The second-order valence-corrected chi connectivity index (χ2v) is 17.8. The Bertz CT molecular complexity index is 3480. The van der Waals surface area contributed by atoms with Gasteiger partial charge in [-0.25, -0.2) is 0 Å². The Kier molecular flexibility index (Phi) is 10.3. The molecule has 316 valence electrons. The van der Waals surface area contributed by atoms with Crippen molar-refractivity contribution >= 4 is 49.8 Å². The van der Waals surface area contributed by atoms with Crippen molar-refractivity contribution in [1.82, 2.24) is 0 Å². The fraction of sp³-hybridized carbons (Fsp3) is 0.0938. The molecule has 0 atom stereocenters. The molecule has 1 aliphatic carbocycles. The molecular weight excluding hydrogens is 799 g/mol. The second kappa shape index (κ2) is 17.2. The van der Waals surface area contributed by atoms with Gasteiger partial charge in [-0.1, -0.05) is 207 Å². The van der Waals surface area contributed by atoms with Gasteiger partial charge >= 0.3 is 0 Å². The summed E-state index contributed by atoms with van der Waals surface area (Å²) in [7, 11) is 0. The van der Waals surface area contributed by atoms with E-state index in [2.05, 4.69) is 229 Å². The highest BCUT2D eigenvalue weighted by molar-refractivity contribution is 6.10. The van der Waals surface area contributed by atoms with E-state index in [0.29, 0.717) is 5.92 Å². The summed E-state index contributed by atoms with van der Waals surface area (Å²) < 4.78 is 6.51. The minimum atomic E-state index is 0.576. The van der Waals surface area contributed by atoms with E-state index in [1.807, 2.05) is 6.07 Å². The lowest BCUT2D eigenvalue weighted by Gasteiger charge is -2.29. The van der Waals surface area contributed by atoms with Crippen LogP contribution in [0.4, 0.5) is 17.1 Å². The first-order chi connectivity index (χ1) is 32.7. The van der Waals surface area contributed by atoms with E-state index in [1.165, 1.54) is 92.9 Å². The van der Waals surface area contributed by atoms with Gasteiger partial charge in [0.15, 0.2) is 0 Å². The number of rotatable bonds is 9. The summed E-state index contributed by atoms with van der Waals surface area (Å²) in [5.41, 5.74) is 18.6. The van der Waals surface area contributed by atoms with Crippen molar-refractivity contribution in [3.8, 4) is 55.6 Å². The Balaban J connectivity index is 0.996. The maximum Gasteiger partial charge on any atom is 0.143 e. The topological polar surface area (TPSA) is 16.4 Å². The van der Waals surface area contributed by atoms with Crippen LogP contribution in [0.5, 0.6) is 0 Å². The van der Waals surface area contributed by atoms with Gasteiger partial charge < -0.3 is 9.32 Å². The second-order valence-electron chi connectivity index (χ2n) is 17.8. The molecule has 11 aromatic rings. The van der Waals surface area contributed by atoms with Crippen LogP contribution >= 0.6 is 0 Å². The molecule has 0 aliphatic heterocycles. The number of benzene rings is 10. The normalized spacial score (nSPS) is 13.1. The van der Waals surface area contributed by atoms with E-state index >= 15 is 0 Å². The smallest absolute Gasteiger partial charge is 0.143 e. The summed E-state index contributed by atoms with van der Waals surface area (Å²) in [5, 5.41) is 4.97. The molecule has 0 unspecified atom stereocenters. The molecule has 0 amide bonds. The predicted molar refractivity (Wildman–Crippen MR) is 279 cm³/mol. The predicted octanol–water partition coefficient (Wildman–Crippen LogP) is 18.6. The van der Waals surface area contributed by atoms with Gasteiger partial charge in [0.05, 0.1) is 5.69 Å². The van der Waals surface area contributed by atoms with Crippen LogP contribution in [0.2, 0.25) is 0 Å². The fourth-order valence-electron chi connectivity index (χ4n) is 10.7. The van der Waals surface area contributed by atoms with Gasteiger partial charge in [0.2, 0.25) is 0 Å². The highest BCUT2D eigenvalue weighted by Crippen LogP contribution is 2.47. The molecule has 0 spiro atoms. The lowest BCUT2D eigenvalue weighted by atomic mass is 9.80. The van der Waals surface area contributed by atoms with Gasteiger partial charge in [-0.2, -0.15) is 0 Å². The number of hydrogen-bond donors (Lipinski definition) is 0. The Hall–Kier alpha value is -7.94. The highest BCUT2D eigenvalue weighted by atomic mass is 16.3. The molecule has 1 heterocycles. The molecule has 66 heavy (non-hydrogen) atoms. The lowest BCUT2D eigenvalue weighted by molar-refractivity contribution is 0.445. The van der Waals surface area contributed by atoms with Gasteiger partial charge in [-0.15, -0.1) is 0 Å². The fourth-order valence-corrected chi connectivity index (χ4v) is 10.7. The van der Waals surface area contributed by atoms with Gasteiger partial charge in [0.25, 0.3) is 0 Å². The number of hydrogen-bond acceptors (Lipinski definition) is 2. The zero-order chi connectivity index (χ0) is 43.8. The minimum Gasteiger partial charge on any atom is -0.455 e. The summed E-state index contributed by atoms with van der Waals surface area (Å²) in [4.78, 5) is 2.45. The zero-order valence-electron chi connectivity index (χ0n) is 36.9. The van der Waals surface area contributed by atoms with Crippen molar-refractivity contribution in [3.05, 3.63) is 236 Å². The number of furan rings is 1.